The molecule has 5 nitrogen and oxygen atoms in total. The molecule has 1 atom stereocenters. The van der Waals surface area contributed by atoms with Gasteiger partial charge in [-0.15, -0.1) is 0 Å². The predicted molar refractivity (Wildman–Crippen MR) is 80.0 cm³/mol. The number of carbonyl (C=O) groups is 1. The molecule has 1 aliphatic heterocycles. The average Bonchev–Trinajstić information content (AvgIpc) is 2.47. The van der Waals surface area contributed by atoms with Crippen LogP contribution in [0.1, 0.15) is 23.7 Å². The molecular formula is C15H23N3O2. The van der Waals surface area contributed by atoms with Crippen molar-refractivity contribution in [1.82, 2.24) is 9.80 Å². The van der Waals surface area contributed by atoms with Crippen molar-refractivity contribution in [3.63, 3.8) is 0 Å². The lowest BCUT2D eigenvalue weighted by Gasteiger charge is -2.39. The third-order valence-corrected chi connectivity index (χ3v) is 4.05. The maximum atomic E-state index is 12.6. The SMILES string of the molecule is CCC1CN(C(=O)c2cccc(OC)c2N)CCN1C. The number of hydrogen-bond acceptors (Lipinski definition) is 4. The van der Waals surface area contributed by atoms with Crippen molar-refractivity contribution in [3.05, 3.63) is 23.8 Å². The number of anilines is 1. The van der Waals surface area contributed by atoms with Gasteiger partial charge in [-0.2, -0.15) is 0 Å². The van der Waals surface area contributed by atoms with Gasteiger partial charge in [-0.05, 0) is 25.6 Å². The van der Waals surface area contributed by atoms with Crippen molar-refractivity contribution in [2.75, 3.05) is 39.5 Å². The Morgan fingerprint density at radius 2 is 2.20 bits per heavy atom. The molecule has 1 amide bonds. The smallest absolute Gasteiger partial charge is 0.256 e. The Kier molecular flexibility index (Phi) is 4.49. The Balaban J connectivity index is 2.19. The summed E-state index contributed by atoms with van der Waals surface area (Å²) in [6.45, 7) is 4.54. The van der Waals surface area contributed by atoms with Crippen molar-refractivity contribution in [2.45, 2.75) is 19.4 Å². The molecule has 0 radical (unpaired) electrons. The highest BCUT2D eigenvalue weighted by Crippen LogP contribution is 2.26. The van der Waals surface area contributed by atoms with Crippen LogP contribution in [0, 0.1) is 0 Å². The summed E-state index contributed by atoms with van der Waals surface area (Å²) in [5.74, 6) is 0.546. The van der Waals surface area contributed by atoms with Gasteiger partial charge in [-0.3, -0.25) is 9.69 Å². The lowest BCUT2D eigenvalue weighted by atomic mass is 10.1. The molecule has 0 bridgehead atoms. The van der Waals surface area contributed by atoms with Gasteiger partial charge in [0.1, 0.15) is 5.75 Å². The number of hydrogen-bond donors (Lipinski definition) is 1. The topological polar surface area (TPSA) is 58.8 Å². The number of nitrogen functional groups attached to an aromatic ring is 1. The number of ether oxygens (including phenoxy) is 1. The minimum absolute atomic E-state index is 0.00653. The van der Waals surface area contributed by atoms with Gasteiger partial charge in [0, 0.05) is 25.7 Å². The fraction of sp³-hybridized carbons (Fsp3) is 0.533. The minimum Gasteiger partial charge on any atom is -0.495 e. The zero-order valence-corrected chi connectivity index (χ0v) is 12.4. The summed E-state index contributed by atoms with van der Waals surface area (Å²) in [5.41, 5.74) is 6.97. The Morgan fingerprint density at radius 1 is 1.45 bits per heavy atom. The van der Waals surface area contributed by atoms with Gasteiger partial charge in [0.25, 0.3) is 5.91 Å². The largest absolute Gasteiger partial charge is 0.495 e. The van der Waals surface area contributed by atoms with E-state index in [1.165, 1.54) is 0 Å². The van der Waals surface area contributed by atoms with E-state index in [2.05, 4.69) is 18.9 Å². The molecule has 1 aliphatic rings. The summed E-state index contributed by atoms with van der Waals surface area (Å²) in [4.78, 5) is 16.8. The predicted octanol–water partition coefficient (Wildman–Crippen LogP) is 1.44. The Hall–Kier alpha value is -1.75. The van der Waals surface area contributed by atoms with Crippen LogP contribution in [0.3, 0.4) is 0 Å². The van der Waals surface area contributed by atoms with Crippen LogP contribution in [0.15, 0.2) is 18.2 Å². The summed E-state index contributed by atoms with van der Waals surface area (Å²) in [7, 11) is 3.67. The van der Waals surface area contributed by atoms with E-state index < -0.39 is 0 Å². The highest BCUT2D eigenvalue weighted by molar-refractivity contribution is 6.00. The van der Waals surface area contributed by atoms with Crippen LogP contribution >= 0.6 is 0 Å². The van der Waals surface area contributed by atoms with E-state index in [0.29, 0.717) is 23.0 Å². The molecule has 1 unspecified atom stereocenters. The molecule has 1 aromatic rings. The summed E-state index contributed by atoms with van der Waals surface area (Å²) < 4.78 is 5.18. The molecule has 20 heavy (non-hydrogen) atoms. The van der Waals surface area contributed by atoms with Crippen molar-refractivity contribution in [3.8, 4) is 5.75 Å². The fourth-order valence-electron chi connectivity index (χ4n) is 2.65. The van der Waals surface area contributed by atoms with Crippen molar-refractivity contribution in [2.24, 2.45) is 0 Å². The fourth-order valence-corrected chi connectivity index (χ4v) is 2.65. The number of carbonyl (C=O) groups excluding carboxylic acids is 1. The highest BCUT2D eigenvalue weighted by atomic mass is 16.5. The third-order valence-electron chi connectivity index (χ3n) is 4.05. The summed E-state index contributed by atoms with van der Waals surface area (Å²) in [5, 5.41) is 0. The molecular weight excluding hydrogens is 254 g/mol. The molecule has 1 saturated heterocycles. The normalized spacial score (nSPS) is 19.9. The average molecular weight is 277 g/mol. The molecule has 2 rings (SSSR count). The summed E-state index contributed by atoms with van der Waals surface area (Å²) >= 11 is 0. The number of piperazine rings is 1. The van der Waals surface area contributed by atoms with E-state index >= 15 is 0 Å². The first-order chi connectivity index (χ1) is 9.58. The molecule has 0 aromatic heterocycles. The van der Waals surface area contributed by atoms with E-state index in [9.17, 15) is 4.79 Å². The molecule has 0 saturated carbocycles. The van der Waals surface area contributed by atoms with Gasteiger partial charge < -0.3 is 15.4 Å². The monoisotopic (exact) mass is 277 g/mol. The second kappa shape index (κ2) is 6.13. The molecule has 0 spiro atoms. The number of amides is 1. The first-order valence-electron chi connectivity index (χ1n) is 7.00. The highest BCUT2D eigenvalue weighted by Gasteiger charge is 2.28. The number of nitrogens with zero attached hydrogens (tertiary/aromatic N) is 2. The van der Waals surface area contributed by atoms with Gasteiger partial charge >= 0.3 is 0 Å². The van der Waals surface area contributed by atoms with Gasteiger partial charge in [0.15, 0.2) is 0 Å². The van der Waals surface area contributed by atoms with Crippen LogP contribution in [-0.2, 0) is 0 Å². The van der Waals surface area contributed by atoms with Crippen LogP contribution < -0.4 is 10.5 Å². The number of para-hydroxylation sites is 1. The van der Waals surface area contributed by atoms with Crippen LogP contribution in [0.4, 0.5) is 5.69 Å². The molecule has 110 valence electrons. The molecule has 1 aromatic carbocycles. The van der Waals surface area contributed by atoms with E-state index in [1.54, 1.807) is 25.3 Å². The molecule has 1 fully saturated rings. The first-order valence-corrected chi connectivity index (χ1v) is 7.00. The number of nitrogens with two attached hydrogens (primary N) is 1. The van der Waals surface area contributed by atoms with Crippen molar-refractivity contribution in [1.29, 1.82) is 0 Å². The standard InChI is InChI=1S/C15H23N3O2/c1-4-11-10-18(9-8-17(11)2)15(19)12-6-5-7-13(20-3)14(12)16/h5-7,11H,4,8-10,16H2,1-3H3. The third kappa shape index (κ3) is 2.72. The summed E-state index contributed by atoms with van der Waals surface area (Å²) in [6.07, 6.45) is 1.04. The molecule has 5 heteroatoms. The Bertz CT molecular complexity index is 490. The second-order valence-electron chi connectivity index (χ2n) is 5.22. The van der Waals surface area contributed by atoms with E-state index in [-0.39, 0.29) is 5.91 Å². The molecule has 1 heterocycles. The number of benzene rings is 1. The molecule has 2 N–H and O–H groups in total. The second-order valence-corrected chi connectivity index (χ2v) is 5.22. The van der Waals surface area contributed by atoms with Crippen LogP contribution in [-0.4, -0.2) is 55.5 Å². The Morgan fingerprint density at radius 3 is 2.85 bits per heavy atom. The van der Waals surface area contributed by atoms with Crippen LogP contribution in [0.25, 0.3) is 0 Å². The van der Waals surface area contributed by atoms with Gasteiger partial charge in [0.2, 0.25) is 0 Å². The van der Waals surface area contributed by atoms with E-state index in [4.69, 9.17) is 10.5 Å². The van der Waals surface area contributed by atoms with E-state index in [0.717, 1.165) is 26.1 Å². The lowest BCUT2D eigenvalue weighted by molar-refractivity contribution is 0.0542. The number of rotatable bonds is 3. The number of methoxy groups -OCH3 is 1. The van der Waals surface area contributed by atoms with Crippen molar-refractivity contribution >= 4 is 11.6 Å². The quantitative estimate of drug-likeness (QED) is 0.849. The first kappa shape index (κ1) is 14.7. The maximum Gasteiger partial charge on any atom is 0.256 e. The van der Waals surface area contributed by atoms with Gasteiger partial charge in [-0.1, -0.05) is 13.0 Å². The molecule has 0 aliphatic carbocycles. The zero-order valence-electron chi connectivity index (χ0n) is 12.4. The van der Waals surface area contributed by atoms with Gasteiger partial charge in [0.05, 0.1) is 18.4 Å². The Labute approximate surface area is 120 Å². The van der Waals surface area contributed by atoms with Crippen LogP contribution in [0.2, 0.25) is 0 Å². The number of likely N-dealkylation sites (N-methyl/N-ethyl adjacent to an activating group) is 1. The maximum absolute atomic E-state index is 12.6. The van der Waals surface area contributed by atoms with E-state index in [1.807, 2.05) is 4.90 Å². The van der Waals surface area contributed by atoms with Crippen LogP contribution in [0.5, 0.6) is 5.75 Å². The summed E-state index contributed by atoms with van der Waals surface area (Å²) in [6, 6.07) is 5.75. The van der Waals surface area contributed by atoms with Gasteiger partial charge in [-0.25, -0.2) is 0 Å². The lowest BCUT2D eigenvalue weighted by Crippen LogP contribution is -2.53. The zero-order chi connectivity index (χ0) is 14.7. The minimum atomic E-state index is -0.00653. The van der Waals surface area contributed by atoms with Crippen molar-refractivity contribution < 1.29 is 9.53 Å².